The van der Waals surface area contributed by atoms with Crippen LogP contribution >= 0.6 is 0 Å². The van der Waals surface area contributed by atoms with Crippen molar-refractivity contribution in [1.82, 2.24) is 10.3 Å². The second kappa shape index (κ2) is 5.30. The number of β-amino-alcohol motifs (C(OH)–C–C–N with tert-alkyl or cyclic N) is 1. The summed E-state index contributed by atoms with van der Waals surface area (Å²) in [6, 6.07) is 11.1. The third-order valence-electron chi connectivity index (χ3n) is 4.57. The second-order valence-corrected chi connectivity index (χ2v) is 6.01. The topological polar surface area (TPSA) is 88.5 Å². The summed E-state index contributed by atoms with van der Waals surface area (Å²) in [4.78, 5) is 3.26. The van der Waals surface area contributed by atoms with E-state index < -0.39 is 6.10 Å². The summed E-state index contributed by atoms with van der Waals surface area (Å²) in [5, 5.41) is 34.1. The zero-order chi connectivity index (χ0) is 16.0. The van der Waals surface area contributed by atoms with Crippen molar-refractivity contribution in [3.8, 4) is 11.5 Å². The number of rotatable bonds is 2. The molecule has 5 nitrogen and oxygen atoms in total. The maximum absolute atomic E-state index is 10.1. The highest BCUT2D eigenvalue weighted by Crippen LogP contribution is 2.38. The molecule has 0 spiro atoms. The number of nitrogens with one attached hydrogen (secondary N) is 2. The minimum absolute atomic E-state index is 0.0286. The van der Waals surface area contributed by atoms with Crippen molar-refractivity contribution in [3.63, 3.8) is 0 Å². The number of para-hydroxylation sites is 1. The van der Waals surface area contributed by atoms with E-state index in [0.29, 0.717) is 12.1 Å². The molecule has 5 heteroatoms. The Balaban J connectivity index is 1.74. The number of aliphatic hydroxyl groups is 1. The Hall–Kier alpha value is -2.50. The Morgan fingerprint density at radius 2 is 1.78 bits per heavy atom. The lowest BCUT2D eigenvalue weighted by Crippen LogP contribution is -2.34. The van der Waals surface area contributed by atoms with Gasteiger partial charge in [0.05, 0.1) is 6.10 Å². The first-order valence-corrected chi connectivity index (χ1v) is 7.65. The van der Waals surface area contributed by atoms with Crippen LogP contribution in [0.2, 0.25) is 0 Å². The number of hydrogen-bond donors (Lipinski definition) is 5. The van der Waals surface area contributed by atoms with Gasteiger partial charge >= 0.3 is 0 Å². The molecule has 2 aromatic carbocycles. The van der Waals surface area contributed by atoms with Crippen LogP contribution in [0.3, 0.4) is 0 Å². The highest BCUT2D eigenvalue weighted by molar-refractivity contribution is 5.83. The molecule has 3 aromatic rings. The maximum atomic E-state index is 10.1. The fraction of sp³-hybridized carbons (Fsp3) is 0.222. The smallest absolute Gasteiger partial charge is 0.157 e. The molecule has 2 heterocycles. The van der Waals surface area contributed by atoms with E-state index in [-0.39, 0.29) is 17.5 Å². The first-order valence-electron chi connectivity index (χ1n) is 7.65. The quantitative estimate of drug-likeness (QED) is 0.471. The number of aromatic amines is 1. The Morgan fingerprint density at radius 3 is 2.61 bits per heavy atom. The zero-order valence-corrected chi connectivity index (χ0v) is 12.5. The van der Waals surface area contributed by atoms with E-state index in [2.05, 4.69) is 16.4 Å². The molecule has 0 bridgehead atoms. The van der Waals surface area contributed by atoms with Crippen molar-refractivity contribution in [1.29, 1.82) is 0 Å². The van der Waals surface area contributed by atoms with Gasteiger partial charge in [0.25, 0.3) is 0 Å². The molecule has 4 rings (SSSR count). The number of phenols is 2. The van der Waals surface area contributed by atoms with Gasteiger partial charge in [-0.1, -0.05) is 18.2 Å². The van der Waals surface area contributed by atoms with Crippen LogP contribution in [0.5, 0.6) is 11.5 Å². The zero-order valence-electron chi connectivity index (χ0n) is 12.5. The molecule has 0 fully saturated rings. The molecular formula is C18H18N2O3. The average molecular weight is 310 g/mol. The summed E-state index contributed by atoms with van der Waals surface area (Å²) in [6.45, 7) is 0.421. The summed E-state index contributed by atoms with van der Waals surface area (Å²) < 4.78 is 0. The van der Waals surface area contributed by atoms with Crippen LogP contribution in [-0.2, 0) is 6.42 Å². The molecule has 1 aliphatic heterocycles. The summed E-state index contributed by atoms with van der Waals surface area (Å²) in [5.74, 6) is -0.362. The van der Waals surface area contributed by atoms with Crippen molar-refractivity contribution in [2.45, 2.75) is 18.6 Å². The summed E-state index contributed by atoms with van der Waals surface area (Å²) >= 11 is 0. The van der Waals surface area contributed by atoms with Crippen molar-refractivity contribution in [2.24, 2.45) is 0 Å². The Labute approximate surface area is 133 Å². The predicted octanol–water partition coefficient (Wildman–Crippen LogP) is 2.50. The molecule has 0 saturated heterocycles. The van der Waals surface area contributed by atoms with Crippen molar-refractivity contribution < 1.29 is 15.3 Å². The summed E-state index contributed by atoms with van der Waals surface area (Å²) in [7, 11) is 0. The third kappa shape index (κ3) is 2.34. The van der Waals surface area contributed by atoms with Gasteiger partial charge in [0, 0.05) is 29.7 Å². The van der Waals surface area contributed by atoms with Gasteiger partial charge in [-0.3, -0.25) is 0 Å². The average Bonchev–Trinajstić information content (AvgIpc) is 2.95. The van der Waals surface area contributed by atoms with E-state index in [9.17, 15) is 15.3 Å². The van der Waals surface area contributed by atoms with Gasteiger partial charge in [-0.25, -0.2) is 0 Å². The fourth-order valence-corrected chi connectivity index (χ4v) is 3.38. The molecule has 23 heavy (non-hydrogen) atoms. The van der Waals surface area contributed by atoms with Crippen molar-refractivity contribution in [2.75, 3.05) is 6.54 Å². The monoisotopic (exact) mass is 310 g/mol. The molecule has 1 aliphatic rings. The summed E-state index contributed by atoms with van der Waals surface area (Å²) in [6.07, 6.45) is 2.04. The molecule has 2 atom stereocenters. The minimum atomic E-state index is -0.685. The number of phenolic OH excluding ortho intramolecular Hbond substituents is 2. The van der Waals surface area contributed by atoms with Crippen LogP contribution in [0.25, 0.3) is 10.9 Å². The van der Waals surface area contributed by atoms with Gasteiger partial charge in [-0.2, -0.15) is 0 Å². The predicted molar refractivity (Wildman–Crippen MR) is 87.5 cm³/mol. The largest absolute Gasteiger partial charge is 0.504 e. The molecule has 1 aromatic heterocycles. The van der Waals surface area contributed by atoms with Gasteiger partial charge < -0.3 is 25.6 Å². The summed E-state index contributed by atoms with van der Waals surface area (Å²) in [5.41, 5.74) is 3.76. The number of aromatic hydroxyl groups is 2. The third-order valence-corrected chi connectivity index (χ3v) is 4.57. The van der Waals surface area contributed by atoms with Crippen LogP contribution in [0, 0.1) is 0 Å². The highest BCUT2D eigenvalue weighted by Gasteiger charge is 2.27. The van der Waals surface area contributed by atoms with Crippen LogP contribution < -0.4 is 5.32 Å². The van der Waals surface area contributed by atoms with Gasteiger partial charge in [0.2, 0.25) is 0 Å². The van der Waals surface area contributed by atoms with Crippen LogP contribution in [-0.4, -0.2) is 26.8 Å². The minimum Gasteiger partial charge on any atom is -0.504 e. The Morgan fingerprint density at radius 1 is 1.04 bits per heavy atom. The molecule has 0 radical (unpaired) electrons. The number of fused-ring (bicyclic) bond motifs is 2. The molecule has 0 saturated carbocycles. The molecule has 2 unspecified atom stereocenters. The van der Waals surface area contributed by atoms with Crippen molar-refractivity contribution in [3.05, 3.63) is 59.3 Å². The van der Waals surface area contributed by atoms with E-state index >= 15 is 0 Å². The molecule has 0 amide bonds. The standard InChI is InChI=1S/C18H18N2O3/c21-16-6-12-13(7-17(16)22)18(23)9-20-15(12)5-10-8-19-14-4-2-1-3-11(10)14/h1-4,6-8,15,18-23H,5,9H2. The normalized spacial score (nSPS) is 20.6. The first-order chi connectivity index (χ1) is 11.1. The lowest BCUT2D eigenvalue weighted by molar-refractivity contribution is 0.156. The highest BCUT2D eigenvalue weighted by atomic mass is 16.3. The Bertz CT molecular complexity index is 872. The van der Waals surface area contributed by atoms with Gasteiger partial charge in [0.1, 0.15) is 0 Å². The lowest BCUT2D eigenvalue weighted by atomic mass is 9.88. The van der Waals surface area contributed by atoms with Crippen LogP contribution in [0.4, 0.5) is 0 Å². The van der Waals surface area contributed by atoms with Crippen LogP contribution in [0.1, 0.15) is 28.8 Å². The molecular weight excluding hydrogens is 292 g/mol. The van der Waals surface area contributed by atoms with Gasteiger partial charge in [0.15, 0.2) is 11.5 Å². The molecule has 5 N–H and O–H groups in total. The number of hydrogen-bond acceptors (Lipinski definition) is 4. The maximum Gasteiger partial charge on any atom is 0.157 e. The van der Waals surface area contributed by atoms with E-state index in [4.69, 9.17) is 0 Å². The Kier molecular flexibility index (Phi) is 3.25. The van der Waals surface area contributed by atoms with E-state index in [0.717, 1.165) is 17.5 Å². The fourth-order valence-electron chi connectivity index (χ4n) is 3.38. The second-order valence-electron chi connectivity index (χ2n) is 6.01. The van der Waals surface area contributed by atoms with Crippen LogP contribution in [0.15, 0.2) is 42.6 Å². The van der Waals surface area contributed by atoms with E-state index in [1.165, 1.54) is 17.0 Å². The number of benzene rings is 2. The first kappa shape index (κ1) is 14.1. The SMILES string of the molecule is Oc1cc2c(cc1O)C(Cc1c[nH]c3ccccc13)NCC2O. The molecule has 118 valence electrons. The van der Waals surface area contributed by atoms with Gasteiger partial charge in [-0.05, 0) is 41.3 Å². The van der Waals surface area contributed by atoms with Crippen molar-refractivity contribution >= 4 is 10.9 Å². The number of H-pyrrole nitrogens is 1. The van der Waals surface area contributed by atoms with E-state index in [1.807, 2.05) is 24.4 Å². The van der Waals surface area contributed by atoms with E-state index in [1.54, 1.807) is 6.07 Å². The molecule has 0 aliphatic carbocycles. The lowest BCUT2D eigenvalue weighted by Gasteiger charge is -2.30. The van der Waals surface area contributed by atoms with Gasteiger partial charge in [-0.15, -0.1) is 0 Å². The number of aromatic nitrogens is 1. The number of aliphatic hydroxyl groups excluding tert-OH is 1.